The maximum Gasteiger partial charge on any atom is 0.339 e. The van der Waals surface area contributed by atoms with Gasteiger partial charge in [-0.05, 0) is 60.2 Å². The second-order valence-corrected chi connectivity index (χ2v) is 9.37. The zero-order valence-electron chi connectivity index (χ0n) is 17.6. The molecule has 0 spiro atoms. The highest BCUT2D eigenvalue weighted by atomic mass is 79.9. The van der Waals surface area contributed by atoms with Crippen LogP contribution in [0.2, 0.25) is 5.02 Å². The topological polar surface area (TPSA) is 92.8 Å². The third kappa shape index (κ3) is 6.69. The van der Waals surface area contributed by atoms with Crippen molar-refractivity contribution in [2.24, 2.45) is 0 Å². The van der Waals surface area contributed by atoms with E-state index in [-0.39, 0.29) is 22.1 Å². The van der Waals surface area contributed by atoms with Crippen LogP contribution in [0.25, 0.3) is 6.08 Å². The molecule has 172 valence electrons. The lowest BCUT2D eigenvalue weighted by Gasteiger charge is -2.13. The maximum absolute atomic E-state index is 12.6. The number of imide groups is 1. The van der Waals surface area contributed by atoms with Gasteiger partial charge >= 0.3 is 5.97 Å². The first-order valence-electron chi connectivity index (χ1n) is 10.1. The fraction of sp³-hybridized carbons (Fsp3) is 0.217. The number of benzene rings is 2. The Balaban J connectivity index is 1.65. The monoisotopic (exact) mass is 550 g/mol. The molecule has 1 N–H and O–H groups in total. The number of amides is 3. The Morgan fingerprint density at radius 2 is 1.91 bits per heavy atom. The minimum atomic E-state index is -0.589. The maximum atomic E-state index is 12.6. The van der Waals surface area contributed by atoms with E-state index in [0.717, 1.165) is 39.5 Å². The predicted molar refractivity (Wildman–Crippen MR) is 132 cm³/mol. The van der Waals surface area contributed by atoms with E-state index in [1.807, 2.05) is 19.1 Å². The fourth-order valence-corrected chi connectivity index (χ4v) is 4.13. The van der Waals surface area contributed by atoms with Crippen LogP contribution in [0.5, 0.6) is 0 Å². The van der Waals surface area contributed by atoms with Gasteiger partial charge in [-0.2, -0.15) is 0 Å². The smallest absolute Gasteiger partial charge is 0.339 e. The number of esters is 1. The third-order valence-corrected chi connectivity index (χ3v) is 6.31. The van der Waals surface area contributed by atoms with Crippen LogP contribution >= 0.6 is 39.3 Å². The molecule has 1 aliphatic heterocycles. The van der Waals surface area contributed by atoms with Crippen LogP contribution in [0.3, 0.4) is 0 Å². The zero-order valence-corrected chi connectivity index (χ0v) is 20.8. The van der Waals surface area contributed by atoms with Crippen molar-refractivity contribution in [2.45, 2.75) is 19.8 Å². The van der Waals surface area contributed by atoms with Gasteiger partial charge in [0.15, 0.2) is 0 Å². The van der Waals surface area contributed by atoms with E-state index in [2.05, 4.69) is 21.2 Å². The molecule has 0 saturated carbocycles. The molecule has 7 nitrogen and oxygen atoms in total. The highest BCUT2D eigenvalue weighted by molar-refractivity contribution is 9.10. The highest BCUT2D eigenvalue weighted by Crippen LogP contribution is 2.32. The number of carbonyl (C=O) groups is 4. The molecule has 3 rings (SSSR count). The largest absolute Gasteiger partial charge is 0.462 e. The van der Waals surface area contributed by atoms with E-state index in [1.54, 1.807) is 18.2 Å². The van der Waals surface area contributed by atoms with Crippen molar-refractivity contribution in [2.75, 3.05) is 18.5 Å². The standard InChI is InChI=1S/C23H20BrClN2O5S/c1-2-3-10-32-22(30)17-12-16(8-9-18(17)25)26-20(28)13-27-21(29)19(33-23(27)31)11-14-4-6-15(24)7-5-14/h4-9,11-12H,2-3,10,13H2,1H3,(H,26,28)/b19-11+. The lowest BCUT2D eigenvalue weighted by atomic mass is 10.2. The first kappa shape index (κ1) is 25.0. The SMILES string of the molecule is CCCCOC(=O)c1cc(NC(=O)CN2C(=O)S/C(=C/c3ccc(Br)cc3)C2=O)ccc1Cl. The normalized spacial score (nSPS) is 14.6. The lowest BCUT2D eigenvalue weighted by Crippen LogP contribution is -2.36. The molecule has 1 heterocycles. The minimum Gasteiger partial charge on any atom is -0.462 e. The fourth-order valence-electron chi connectivity index (χ4n) is 2.84. The number of carbonyl (C=O) groups excluding carboxylic acids is 4. The van der Waals surface area contributed by atoms with Crippen LogP contribution in [0.15, 0.2) is 51.8 Å². The van der Waals surface area contributed by atoms with Crippen molar-refractivity contribution in [3.8, 4) is 0 Å². The molecule has 2 aromatic rings. The summed E-state index contributed by atoms with van der Waals surface area (Å²) >= 11 is 10.2. The molecule has 1 fully saturated rings. The first-order valence-corrected chi connectivity index (χ1v) is 12.0. The Kier molecular flexibility index (Phi) is 8.71. The van der Waals surface area contributed by atoms with Crippen molar-refractivity contribution in [3.05, 3.63) is 68.0 Å². The average Bonchev–Trinajstić information content (AvgIpc) is 3.04. The Hall–Kier alpha value is -2.62. The molecular formula is C23H20BrClN2O5S. The second kappa shape index (κ2) is 11.5. The van der Waals surface area contributed by atoms with Crippen molar-refractivity contribution in [1.29, 1.82) is 0 Å². The van der Waals surface area contributed by atoms with Crippen LogP contribution in [-0.4, -0.2) is 41.1 Å². The molecule has 0 bridgehead atoms. The van der Waals surface area contributed by atoms with Gasteiger partial charge in [0, 0.05) is 10.2 Å². The van der Waals surface area contributed by atoms with Gasteiger partial charge in [-0.3, -0.25) is 19.3 Å². The van der Waals surface area contributed by atoms with Crippen molar-refractivity contribution < 1.29 is 23.9 Å². The lowest BCUT2D eigenvalue weighted by molar-refractivity contribution is -0.127. The number of hydrogen-bond donors (Lipinski definition) is 1. The van der Waals surface area contributed by atoms with Gasteiger partial charge in [0.2, 0.25) is 5.91 Å². The summed E-state index contributed by atoms with van der Waals surface area (Å²) < 4.78 is 6.06. The number of rotatable bonds is 8. The summed E-state index contributed by atoms with van der Waals surface area (Å²) in [5, 5.41) is 2.25. The molecule has 0 aliphatic carbocycles. The summed E-state index contributed by atoms with van der Waals surface area (Å²) in [4.78, 5) is 50.8. The number of anilines is 1. The molecule has 0 radical (unpaired) electrons. The summed E-state index contributed by atoms with van der Waals surface area (Å²) in [6.07, 6.45) is 3.21. The average molecular weight is 552 g/mol. The van der Waals surface area contributed by atoms with E-state index in [1.165, 1.54) is 18.2 Å². The third-order valence-electron chi connectivity index (χ3n) is 4.54. The Morgan fingerprint density at radius 3 is 2.61 bits per heavy atom. The van der Waals surface area contributed by atoms with Crippen LogP contribution < -0.4 is 5.32 Å². The molecule has 0 aromatic heterocycles. The number of thioether (sulfide) groups is 1. The number of unbranched alkanes of at least 4 members (excludes halogenated alkanes) is 1. The summed E-state index contributed by atoms with van der Waals surface area (Å²) in [7, 11) is 0. The Morgan fingerprint density at radius 1 is 1.18 bits per heavy atom. The molecule has 3 amide bonds. The van der Waals surface area contributed by atoms with Crippen molar-refractivity contribution in [3.63, 3.8) is 0 Å². The molecule has 10 heteroatoms. The number of nitrogens with one attached hydrogen (secondary N) is 1. The number of hydrogen-bond acceptors (Lipinski definition) is 6. The molecule has 1 aliphatic rings. The van der Waals surface area contributed by atoms with Gasteiger partial charge in [-0.15, -0.1) is 0 Å². The van der Waals surface area contributed by atoms with E-state index in [0.29, 0.717) is 5.69 Å². The van der Waals surface area contributed by atoms with Crippen LogP contribution in [0.1, 0.15) is 35.7 Å². The number of halogens is 2. The van der Waals surface area contributed by atoms with Crippen molar-refractivity contribution in [1.82, 2.24) is 4.90 Å². The molecule has 0 unspecified atom stereocenters. The summed E-state index contributed by atoms with van der Waals surface area (Å²) in [5.41, 5.74) is 1.17. The molecule has 1 saturated heterocycles. The van der Waals surface area contributed by atoms with Crippen LogP contribution in [-0.2, 0) is 14.3 Å². The summed E-state index contributed by atoms with van der Waals surface area (Å²) in [5.74, 6) is -1.72. The first-order chi connectivity index (χ1) is 15.8. The number of ether oxygens (including phenoxy) is 1. The molecule has 33 heavy (non-hydrogen) atoms. The van der Waals surface area contributed by atoms with E-state index >= 15 is 0 Å². The second-order valence-electron chi connectivity index (χ2n) is 7.05. The summed E-state index contributed by atoms with van der Waals surface area (Å²) in [6.45, 7) is 1.79. The van der Waals surface area contributed by atoms with Gasteiger partial charge in [0.1, 0.15) is 6.54 Å². The predicted octanol–water partition coefficient (Wildman–Crippen LogP) is 5.73. The summed E-state index contributed by atoms with van der Waals surface area (Å²) in [6, 6.07) is 11.6. The Bertz CT molecular complexity index is 1120. The van der Waals surface area contributed by atoms with Crippen LogP contribution in [0, 0.1) is 0 Å². The molecular weight excluding hydrogens is 532 g/mol. The zero-order chi connectivity index (χ0) is 24.0. The highest BCUT2D eigenvalue weighted by Gasteiger charge is 2.36. The van der Waals surface area contributed by atoms with Crippen LogP contribution in [0.4, 0.5) is 10.5 Å². The van der Waals surface area contributed by atoms with E-state index in [9.17, 15) is 19.2 Å². The van der Waals surface area contributed by atoms with Crippen molar-refractivity contribution >= 4 is 74.1 Å². The Labute approximate surface area is 208 Å². The molecule has 0 atom stereocenters. The van der Waals surface area contributed by atoms with Gasteiger partial charge in [0.05, 0.1) is 22.1 Å². The minimum absolute atomic E-state index is 0.120. The van der Waals surface area contributed by atoms with Gasteiger partial charge < -0.3 is 10.1 Å². The quantitative estimate of drug-likeness (QED) is 0.256. The molecule has 2 aromatic carbocycles. The van der Waals surface area contributed by atoms with E-state index < -0.39 is 29.6 Å². The number of nitrogens with zero attached hydrogens (tertiary/aromatic N) is 1. The van der Waals surface area contributed by atoms with Gasteiger partial charge in [-0.1, -0.05) is 53.0 Å². The van der Waals surface area contributed by atoms with Gasteiger partial charge in [-0.25, -0.2) is 4.79 Å². The van der Waals surface area contributed by atoms with E-state index in [4.69, 9.17) is 16.3 Å². The van der Waals surface area contributed by atoms with Gasteiger partial charge in [0.25, 0.3) is 11.1 Å².